The number of rotatable bonds is 3. The van der Waals surface area contributed by atoms with Gasteiger partial charge in [-0.3, -0.25) is 4.98 Å². The van der Waals surface area contributed by atoms with Gasteiger partial charge in [-0.15, -0.1) is 0 Å². The van der Waals surface area contributed by atoms with Crippen molar-refractivity contribution in [3.63, 3.8) is 0 Å². The summed E-state index contributed by atoms with van der Waals surface area (Å²) in [7, 11) is -4.18. The predicted octanol–water partition coefficient (Wildman–Crippen LogP) is 1.31. The van der Waals surface area contributed by atoms with Gasteiger partial charge in [0.2, 0.25) is 10.0 Å². The lowest BCUT2D eigenvalue weighted by Crippen LogP contribution is -2.42. The third-order valence-electron chi connectivity index (χ3n) is 1.77. The first-order chi connectivity index (χ1) is 7.23. The quantitative estimate of drug-likeness (QED) is 0.884. The average Bonchev–Trinajstić information content (AvgIpc) is 2.17. The van der Waals surface area contributed by atoms with Gasteiger partial charge in [0.05, 0.1) is 0 Å². The van der Waals surface area contributed by atoms with Crippen molar-refractivity contribution in [3.8, 4) is 0 Å². The molecular weight excluding hydrogens is 245 g/mol. The average molecular weight is 254 g/mol. The zero-order valence-corrected chi connectivity index (χ0v) is 9.01. The normalized spacial score (nSPS) is 14.8. The summed E-state index contributed by atoms with van der Waals surface area (Å²) >= 11 is 0. The molecule has 4 nitrogen and oxygen atoms in total. The highest BCUT2D eigenvalue weighted by Crippen LogP contribution is 2.21. The molecule has 0 amide bonds. The Balaban J connectivity index is 2.90. The third kappa shape index (κ3) is 3.17. The van der Waals surface area contributed by atoms with Crippen LogP contribution in [-0.2, 0) is 10.0 Å². The van der Waals surface area contributed by atoms with E-state index in [0.29, 0.717) is 0 Å². The van der Waals surface area contributed by atoms with Gasteiger partial charge in [0.1, 0.15) is 10.9 Å². The summed E-state index contributed by atoms with van der Waals surface area (Å²) in [5, 5.41) is 0. The van der Waals surface area contributed by atoms with E-state index < -0.39 is 22.2 Å². The van der Waals surface area contributed by atoms with Crippen molar-refractivity contribution in [2.24, 2.45) is 0 Å². The van der Waals surface area contributed by atoms with E-state index >= 15 is 0 Å². The molecule has 0 aliphatic rings. The minimum Gasteiger partial charge on any atom is -0.263 e. The minimum absolute atomic E-state index is 0.300. The van der Waals surface area contributed by atoms with Gasteiger partial charge in [0, 0.05) is 12.4 Å². The lowest BCUT2D eigenvalue weighted by molar-refractivity contribution is -0.147. The summed E-state index contributed by atoms with van der Waals surface area (Å²) in [6.45, 7) is 0.730. The maximum absolute atomic E-state index is 12.2. The monoisotopic (exact) mass is 254 g/mol. The second kappa shape index (κ2) is 4.38. The van der Waals surface area contributed by atoms with Crippen molar-refractivity contribution in [1.29, 1.82) is 0 Å². The van der Waals surface area contributed by atoms with Gasteiger partial charge in [-0.2, -0.15) is 17.9 Å². The molecule has 0 saturated carbocycles. The van der Waals surface area contributed by atoms with E-state index in [1.165, 1.54) is 23.1 Å². The van der Waals surface area contributed by atoms with Crippen molar-refractivity contribution in [2.45, 2.75) is 24.0 Å². The van der Waals surface area contributed by atoms with Crippen LogP contribution in [0.25, 0.3) is 0 Å². The Hall–Kier alpha value is -1.15. The summed E-state index contributed by atoms with van der Waals surface area (Å²) in [6.07, 6.45) is -2.31. The number of nitrogens with zero attached hydrogens (tertiary/aromatic N) is 1. The molecule has 1 atom stereocenters. The van der Waals surface area contributed by atoms with Crippen molar-refractivity contribution in [2.75, 3.05) is 0 Å². The van der Waals surface area contributed by atoms with Crippen LogP contribution < -0.4 is 4.72 Å². The number of nitrogens with one attached hydrogen (secondary N) is 1. The van der Waals surface area contributed by atoms with Crippen LogP contribution in [0.1, 0.15) is 6.92 Å². The molecule has 0 bridgehead atoms. The topological polar surface area (TPSA) is 59.1 Å². The second-order valence-electron chi connectivity index (χ2n) is 3.07. The van der Waals surface area contributed by atoms with E-state index in [2.05, 4.69) is 4.98 Å². The molecule has 8 heteroatoms. The summed E-state index contributed by atoms with van der Waals surface area (Å²) in [4.78, 5) is 3.22. The SMILES string of the molecule is C[C@@H](NS(=O)(=O)c1cccnc1)C(F)(F)F. The van der Waals surface area contributed by atoms with Crippen molar-refractivity contribution >= 4 is 10.0 Å². The van der Waals surface area contributed by atoms with Crippen LogP contribution in [0.4, 0.5) is 13.2 Å². The molecule has 90 valence electrons. The Morgan fingerprint density at radius 2 is 2.06 bits per heavy atom. The number of sulfonamides is 1. The van der Waals surface area contributed by atoms with Crippen molar-refractivity contribution in [3.05, 3.63) is 24.5 Å². The second-order valence-corrected chi connectivity index (χ2v) is 4.79. The maximum atomic E-state index is 12.2. The van der Waals surface area contributed by atoms with E-state index in [1.54, 1.807) is 0 Å². The molecule has 0 unspecified atom stereocenters. The highest BCUT2D eigenvalue weighted by Gasteiger charge is 2.38. The first kappa shape index (κ1) is 12.9. The number of pyridine rings is 1. The van der Waals surface area contributed by atoms with Crippen LogP contribution >= 0.6 is 0 Å². The Bertz CT molecular complexity index is 444. The Kier molecular flexibility index (Phi) is 3.54. The number of halogens is 3. The standard InChI is InChI=1S/C8H9F3N2O2S/c1-6(8(9,10)11)13-16(14,15)7-3-2-4-12-5-7/h2-6,13H,1H3/t6-/m1/s1. The maximum Gasteiger partial charge on any atom is 0.404 e. The zero-order chi connectivity index (χ0) is 12.4. The first-order valence-corrected chi connectivity index (χ1v) is 5.71. The van der Waals surface area contributed by atoms with E-state index in [1.807, 2.05) is 0 Å². The predicted molar refractivity (Wildman–Crippen MR) is 50.1 cm³/mol. The number of hydrogen-bond donors (Lipinski definition) is 1. The zero-order valence-electron chi connectivity index (χ0n) is 8.19. The van der Waals surface area contributed by atoms with Gasteiger partial charge in [-0.25, -0.2) is 8.42 Å². The van der Waals surface area contributed by atoms with Crippen LogP contribution in [0.15, 0.2) is 29.4 Å². The first-order valence-electron chi connectivity index (χ1n) is 4.22. The number of hydrogen-bond acceptors (Lipinski definition) is 3. The molecule has 1 rings (SSSR count). The van der Waals surface area contributed by atoms with Gasteiger partial charge in [0.15, 0.2) is 0 Å². The summed E-state index contributed by atoms with van der Waals surface area (Å²) < 4.78 is 60.9. The minimum atomic E-state index is -4.62. The molecule has 0 aliphatic heterocycles. The van der Waals surface area contributed by atoms with Gasteiger partial charge < -0.3 is 0 Å². The molecular formula is C8H9F3N2O2S. The Labute approximate surface area is 90.6 Å². The number of aromatic nitrogens is 1. The largest absolute Gasteiger partial charge is 0.404 e. The lowest BCUT2D eigenvalue weighted by Gasteiger charge is -2.16. The van der Waals surface area contributed by atoms with Crippen molar-refractivity contribution < 1.29 is 21.6 Å². The lowest BCUT2D eigenvalue weighted by atomic mass is 10.4. The van der Waals surface area contributed by atoms with E-state index in [4.69, 9.17) is 0 Å². The molecule has 0 spiro atoms. The fraction of sp³-hybridized carbons (Fsp3) is 0.375. The van der Waals surface area contributed by atoms with Crippen LogP contribution in [0.2, 0.25) is 0 Å². The summed E-state index contributed by atoms with van der Waals surface area (Å²) in [6, 6.07) is 0.350. The van der Waals surface area contributed by atoms with Gasteiger partial charge in [-0.1, -0.05) is 0 Å². The summed E-state index contributed by atoms with van der Waals surface area (Å²) in [5.74, 6) is 0. The van der Waals surface area contributed by atoms with Crippen LogP contribution in [0.5, 0.6) is 0 Å². The highest BCUT2D eigenvalue weighted by atomic mass is 32.2. The molecule has 0 aromatic carbocycles. The molecule has 1 aromatic rings. The van der Waals surface area contributed by atoms with Gasteiger partial charge in [0.25, 0.3) is 0 Å². The third-order valence-corrected chi connectivity index (χ3v) is 3.29. The Morgan fingerprint density at radius 1 is 1.44 bits per heavy atom. The van der Waals surface area contributed by atoms with Gasteiger partial charge >= 0.3 is 6.18 Å². The fourth-order valence-corrected chi connectivity index (χ4v) is 2.07. The number of alkyl halides is 3. The molecule has 16 heavy (non-hydrogen) atoms. The smallest absolute Gasteiger partial charge is 0.263 e. The molecule has 0 saturated heterocycles. The highest BCUT2D eigenvalue weighted by molar-refractivity contribution is 7.89. The van der Waals surface area contributed by atoms with Crippen LogP contribution in [0, 0.1) is 0 Å². The van der Waals surface area contributed by atoms with Crippen molar-refractivity contribution in [1.82, 2.24) is 9.71 Å². The van der Waals surface area contributed by atoms with Crippen LogP contribution in [0.3, 0.4) is 0 Å². The fourth-order valence-electron chi connectivity index (χ4n) is 0.874. The molecule has 0 aliphatic carbocycles. The van der Waals surface area contributed by atoms with E-state index in [0.717, 1.165) is 13.1 Å². The molecule has 1 N–H and O–H groups in total. The van der Waals surface area contributed by atoms with E-state index in [9.17, 15) is 21.6 Å². The van der Waals surface area contributed by atoms with Crippen LogP contribution in [-0.4, -0.2) is 25.6 Å². The van der Waals surface area contributed by atoms with E-state index in [-0.39, 0.29) is 4.90 Å². The summed E-state index contributed by atoms with van der Waals surface area (Å²) in [5.41, 5.74) is 0. The van der Waals surface area contributed by atoms with Gasteiger partial charge in [-0.05, 0) is 19.1 Å². The Morgan fingerprint density at radius 3 is 2.50 bits per heavy atom. The molecule has 1 heterocycles. The molecule has 0 radical (unpaired) electrons. The molecule has 0 fully saturated rings. The molecule has 1 aromatic heterocycles.